The lowest BCUT2D eigenvalue weighted by molar-refractivity contribution is -0.116. The van der Waals surface area contributed by atoms with Gasteiger partial charge >= 0.3 is 0 Å². The minimum Gasteiger partial charge on any atom is -0.497 e. The van der Waals surface area contributed by atoms with Crippen LogP contribution in [-0.2, 0) is 20.6 Å². The van der Waals surface area contributed by atoms with E-state index in [2.05, 4.69) is 45.0 Å². The Kier molecular flexibility index (Phi) is 8.02. The van der Waals surface area contributed by atoms with Crippen LogP contribution >= 0.6 is 0 Å². The van der Waals surface area contributed by atoms with Crippen molar-refractivity contribution < 1.29 is 18.7 Å². The zero-order valence-corrected chi connectivity index (χ0v) is 20.3. The van der Waals surface area contributed by atoms with Gasteiger partial charge in [-0.1, -0.05) is 93.6 Å². The van der Waals surface area contributed by atoms with E-state index in [0.29, 0.717) is 6.61 Å². The Labute approximate surface area is 192 Å². The summed E-state index contributed by atoms with van der Waals surface area (Å²) in [6.07, 6.45) is 0.201. The van der Waals surface area contributed by atoms with Crippen molar-refractivity contribution in [2.24, 2.45) is 0 Å². The topological polar surface area (TPSA) is 44.8 Å². The van der Waals surface area contributed by atoms with E-state index in [0.717, 1.165) is 28.0 Å². The summed E-state index contributed by atoms with van der Waals surface area (Å²) in [4.78, 5) is 12.1. The number of benzene rings is 3. The molecule has 32 heavy (non-hydrogen) atoms. The van der Waals surface area contributed by atoms with Gasteiger partial charge in [0, 0.05) is 0 Å². The molecule has 0 spiro atoms. The third kappa shape index (κ3) is 5.36. The van der Waals surface area contributed by atoms with Crippen LogP contribution in [0, 0.1) is 0 Å². The molecule has 0 aliphatic rings. The largest absolute Gasteiger partial charge is 0.497 e. The summed E-state index contributed by atoms with van der Waals surface area (Å²) in [6, 6.07) is 28.3. The van der Waals surface area contributed by atoms with Crippen LogP contribution in [0.5, 0.6) is 5.75 Å². The van der Waals surface area contributed by atoms with Crippen LogP contribution in [0.15, 0.2) is 84.9 Å². The van der Waals surface area contributed by atoms with E-state index in [4.69, 9.17) is 13.9 Å². The number of hydrogen-bond donors (Lipinski definition) is 0. The number of hydrogen-bond acceptors (Lipinski definition) is 4. The van der Waals surface area contributed by atoms with Gasteiger partial charge in [-0.15, -0.1) is 0 Å². The molecule has 3 aromatic rings. The van der Waals surface area contributed by atoms with Gasteiger partial charge in [0.1, 0.15) is 18.1 Å². The van der Waals surface area contributed by atoms with E-state index in [1.807, 2.05) is 60.7 Å². The van der Waals surface area contributed by atoms with Gasteiger partial charge in [0.2, 0.25) is 0 Å². The molecule has 0 radical (unpaired) electrons. The molecule has 0 aromatic heterocycles. The molecule has 3 aromatic carbocycles. The fraction of sp³-hybridized carbons (Fsp3) is 0.296. The molecule has 0 fully saturated rings. The van der Waals surface area contributed by atoms with Crippen LogP contribution in [0.2, 0.25) is 5.04 Å². The smallest absolute Gasteiger partial charge is 0.262 e. The summed E-state index contributed by atoms with van der Waals surface area (Å²) in [6.45, 7) is 7.18. The Balaban J connectivity index is 1.86. The van der Waals surface area contributed by atoms with Crippen LogP contribution in [0.4, 0.5) is 0 Å². The summed E-state index contributed by atoms with van der Waals surface area (Å²) in [5.41, 5.74) is 1.01. The van der Waals surface area contributed by atoms with Crippen molar-refractivity contribution in [2.45, 2.75) is 38.5 Å². The second kappa shape index (κ2) is 10.7. The Morgan fingerprint density at radius 2 is 1.38 bits per heavy atom. The highest BCUT2D eigenvalue weighted by atomic mass is 28.4. The molecule has 0 unspecified atom stereocenters. The Morgan fingerprint density at radius 3 is 1.81 bits per heavy atom. The first kappa shape index (κ1) is 23.9. The highest BCUT2D eigenvalue weighted by Gasteiger charge is 2.51. The molecular weight excluding hydrogens is 416 g/mol. The highest BCUT2D eigenvalue weighted by Crippen LogP contribution is 2.37. The molecule has 0 aliphatic heterocycles. The number of aldehydes is 1. The van der Waals surface area contributed by atoms with Crippen LogP contribution in [0.3, 0.4) is 0 Å². The minimum atomic E-state index is -2.80. The zero-order chi connectivity index (χ0) is 23.0. The SMILES string of the molecule is COc1ccc(COC[C@H](C=O)O[Si](c2ccccc2)(c2ccccc2)C(C)(C)C)cc1. The van der Waals surface area contributed by atoms with Gasteiger partial charge in [-0.3, -0.25) is 0 Å². The number of ether oxygens (including phenoxy) is 2. The molecule has 0 saturated carbocycles. The van der Waals surface area contributed by atoms with Crippen LogP contribution in [0.25, 0.3) is 0 Å². The molecule has 0 heterocycles. The molecule has 0 saturated heterocycles. The van der Waals surface area contributed by atoms with Crippen molar-refractivity contribution in [3.63, 3.8) is 0 Å². The van der Waals surface area contributed by atoms with Gasteiger partial charge in [-0.25, -0.2) is 0 Å². The van der Waals surface area contributed by atoms with Crippen molar-refractivity contribution in [1.82, 2.24) is 0 Å². The quantitative estimate of drug-likeness (QED) is 0.342. The van der Waals surface area contributed by atoms with Crippen LogP contribution in [0.1, 0.15) is 26.3 Å². The lowest BCUT2D eigenvalue weighted by Crippen LogP contribution is -2.68. The molecule has 4 nitrogen and oxygen atoms in total. The average molecular weight is 449 g/mol. The fourth-order valence-electron chi connectivity index (χ4n) is 4.03. The van der Waals surface area contributed by atoms with E-state index in [-0.39, 0.29) is 11.6 Å². The summed E-state index contributed by atoms with van der Waals surface area (Å²) in [7, 11) is -1.16. The van der Waals surface area contributed by atoms with Gasteiger partial charge in [0.25, 0.3) is 8.32 Å². The maximum absolute atomic E-state index is 12.1. The minimum absolute atomic E-state index is 0.194. The highest BCUT2D eigenvalue weighted by molar-refractivity contribution is 6.99. The normalized spacial score (nSPS) is 12.9. The molecule has 168 valence electrons. The molecule has 0 aliphatic carbocycles. The second-order valence-corrected chi connectivity index (χ2v) is 13.1. The van der Waals surface area contributed by atoms with Gasteiger partial charge in [-0.05, 0) is 33.1 Å². The zero-order valence-electron chi connectivity index (χ0n) is 19.3. The van der Waals surface area contributed by atoms with E-state index < -0.39 is 14.4 Å². The lowest BCUT2D eigenvalue weighted by atomic mass is 10.2. The fourth-order valence-corrected chi connectivity index (χ4v) is 8.63. The molecule has 0 bridgehead atoms. The third-order valence-electron chi connectivity index (χ3n) is 5.61. The summed E-state index contributed by atoms with van der Waals surface area (Å²) < 4.78 is 17.9. The van der Waals surface area contributed by atoms with Gasteiger partial charge in [-0.2, -0.15) is 0 Å². The van der Waals surface area contributed by atoms with Gasteiger partial charge < -0.3 is 18.7 Å². The summed E-state index contributed by atoms with van der Waals surface area (Å²) >= 11 is 0. The Morgan fingerprint density at radius 1 is 0.844 bits per heavy atom. The Bertz CT molecular complexity index is 927. The van der Waals surface area contributed by atoms with E-state index >= 15 is 0 Å². The summed E-state index contributed by atoms with van der Waals surface area (Å²) in [5.74, 6) is 0.800. The maximum atomic E-state index is 12.1. The number of carbonyl (C=O) groups is 1. The second-order valence-electron chi connectivity index (χ2n) is 8.82. The monoisotopic (exact) mass is 448 g/mol. The molecular formula is C27H32O4Si. The standard InChI is InChI=1S/C27H32O4Si/c1-27(2,3)32(25-11-7-5-8-12-25,26-13-9-6-10-14-26)31-24(19-28)21-30-20-22-15-17-23(29-4)18-16-22/h5-19,24H,20-21H2,1-4H3/t24-/m0/s1. The Hall–Kier alpha value is -2.73. The molecule has 0 N–H and O–H groups in total. The van der Waals surface area contributed by atoms with Crippen molar-refractivity contribution in [2.75, 3.05) is 13.7 Å². The van der Waals surface area contributed by atoms with Crippen LogP contribution in [-0.4, -0.2) is 34.4 Å². The molecule has 5 heteroatoms. The predicted octanol–water partition coefficient (Wildman–Crippen LogP) is 4.36. The molecule has 1 atom stereocenters. The van der Waals surface area contributed by atoms with Gasteiger partial charge in [0.05, 0.1) is 20.3 Å². The van der Waals surface area contributed by atoms with Crippen molar-refractivity contribution >= 4 is 25.0 Å². The molecule has 0 amide bonds. The summed E-state index contributed by atoms with van der Waals surface area (Å²) in [5, 5.41) is 2.08. The van der Waals surface area contributed by atoms with E-state index in [1.54, 1.807) is 7.11 Å². The van der Waals surface area contributed by atoms with Crippen LogP contribution < -0.4 is 15.1 Å². The van der Waals surface area contributed by atoms with E-state index in [9.17, 15) is 4.79 Å². The predicted molar refractivity (Wildman–Crippen MR) is 131 cm³/mol. The number of methoxy groups -OCH3 is 1. The van der Waals surface area contributed by atoms with Gasteiger partial charge in [0.15, 0.2) is 0 Å². The maximum Gasteiger partial charge on any atom is 0.262 e. The van der Waals surface area contributed by atoms with E-state index in [1.165, 1.54) is 0 Å². The third-order valence-corrected chi connectivity index (χ3v) is 10.7. The average Bonchev–Trinajstić information content (AvgIpc) is 2.82. The number of rotatable bonds is 10. The number of carbonyl (C=O) groups excluding carboxylic acids is 1. The molecule has 3 rings (SSSR count). The van der Waals surface area contributed by atoms with Crippen molar-refractivity contribution in [3.05, 3.63) is 90.5 Å². The lowest BCUT2D eigenvalue weighted by Gasteiger charge is -2.44. The first-order valence-corrected chi connectivity index (χ1v) is 12.8. The first-order chi connectivity index (χ1) is 15.4. The van der Waals surface area contributed by atoms with Crippen molar-refractivity contribution in [1.29, 1.82) is 0 Å². The van der Waals surface area contributed by atoms with Crippen molar-refractivity contribution in [3.8, 4) is 5.75 Å². The first-order valence-electron chi connectivity index (χ1n) is 10.9.